The largest absolute Gasteiger partial charge is 0.244 e. The molecule has 0 saturated heterocycles. The third-order valence-corrected chi connectivity index (χ3v) is 2.46. The highest BCUT2D eigenvalue weighted by Gasteiger charge is 2.03. The third-order valence-electron chi connectivity index (χ3n) is 1.46. The molecule has 2 N–H and O–H groups in total. The molecule has 1 aromatic rings. The molecule has 0 bridgehead atoms. The Labute approximate surface area is 81.8 Å². The van der Waals surface area contributed by atoms with Crippen molar-refractivity contribution < 1.29 is 8.42 Å². The summed E-state index contributed by atoms with van der Waals surface area (Å²) in [6.07, 6.45) is 1.90. The minimum Gasteiger partial charge on any atom is -0.244 e. The number of nitrogens with two attached hydrogens (primary N) is 1. The Morgan fingerprint density at radius 3 is 2.62 bits per heavy atom. The van der Waals surface area contributed by atoms with E-state index in [1.807, 2.05) is 0 Å². The van der Waals surface area contributed by atoms with Crippen molar-refractivity contribution in [1.82, 2.24) is 4.98 Å². The average molecular weight is 221 g/mol. The molecule has 1 aromatic heterocycles. The molecule has 0 aliphatic heterocycles. The van der Waals surface area contributed by atoms with Crippen LogP contribution in [-0.2, 0) is 16.4 Å². The van der Waals surface area contributed by atoms with E-state index in [0.29, 0.717) is 11.6 Å². The summed E-state index contributed by atoms with van der Waals surface area (Å²) in [5.74, 6) is -0.0731. The second-order valence-corrected chi connectivity index (χ2v) is 4.73. The van der Waals surface area contributed by atoms with E-state index >= 15 is 0 Å². The summed E-state index contributed by atoms with van der Waals surface area (Å²) >= 11 is 5.55. The van der Waals surface area contributed by atoms with Gasteiger partial charge in [-0.15, -0.1) is 0 Å². The fourth-order valence-corrected chi connectivity index (χ4v) is 1.45. The van der Waals surface area contributed by atoms with Crippen molar-refractivity contribution in [3.8, 4) is 0 Å². The Morgan fingerprint density at radius 1 is 1.46 bits per heavy atom. The van der Waals surface area contributed by atoms with Crippen LogP contribution in [0.3, 0.4) is 0 Å². The minimum absolute atomic E-state index is 0.0731. The van der Waals surface area contributed by atoms with Gasteiger partial charge in [0.25, 0.3) is 0 Å². The van der Waals surface area contributed by atoms with Crippen molar-refractivity contribution >= 4 is 21.6 Å². The van der Waals surface area contributed by atoms with Crippen LogP contribution in [0.25, 0.3) is 0 Å². The molecule has 0 aliphatic carbocycles. The van der Waals surface area contributed by atoms with Gasteiger partial charge in [-0.25, -0.2) is 18.5 Å². The lowest BCUT2D eigenvalue weighted by Crippen LogP contribution is -2.17. The standard InChI is InChI=1S/C7H9ClN2O2S/c8-7-2-1-6(5-10-7)3-4-13(9,11)12/h1-2,5H,3-4H2,(H2,9,11,12). The Bertz CT molecular complexity index is 374. The number of halogens is 1. The molecular weight excluding hydrogens is 212 g/mol. The lowest BCUT2D eigenvalue weighted by atomic mass is 10.2. The third kappa shape index (κ3) is 4.21. The molecule has 72 valence electrons. The molecule has 0 atom stereocenters. The fourth-order valence-electron chi connectivity index (χ4n) is 0.814. The summed E-state index contributed by atoms with van der Waals surface area (Å²) in [5, 5.41) is 5.23. The highest BCUT2D eigenvalue weighted by molar-refractivity contribution is 7.89. The zero-order valence-corrected chi connectivity index (χ0v) is 8.35. The van der Waals surface area contributed by atoms with Gasteiger partial charge in [0.15, 0.2) is 0 Å². The Hall–Kier alpha value is -0.650. The number of pyridine rings is 1. The van der Waals surface area contributed by atoms with E-state index in [9.17, 15) is 8.42 Å². The monoisotopic (exact) mass is 220 g/mol. The van der Waals surface area contributed by atoms with Crippen LogP contribution in [0.1, 0.15) is 5.56 Å². The molecule has 1 rings (SSSR count). The molecule has 4 nitrogen and oxygen atoms in total. The van der Waals surface area contributed by atoms with Gasteiger partial charge in [-0.05, 0) is 18.1 Å². The first-order chi connectivity index (χ1) is 5.97. The second-order valence-electron chi connectivity index (χ2n) is 2.61. The van der Waals surface area contributed by atoms with E-state index in [4.69, 9.17) is 16.7 Å². The summed E-state index contributed by atoms with van der Waals surface area (Å²) in [7, 11) is -3.39. The number of hydrogen-bond acceptors (Lipinski definition) is 3. The van der Waals surface area contributed by atoms with Crippen LogP contribution >= 0.6 is 11.6 Å². The molecule has 0 radical (unpaired) electrons. The quantitative estimate of drug-likeness (QED) is 0.757. The summed E-state index contributed by atoms with van der Waals surface area (Å²) in [6, 6.07) is 3.33. The number of sulfonamides is 1. The lowest BCUT2D eigenvalue weighted by Gasteiger charge is -1.98. The van der Waals surface area contributed by atoms with Gasteiger partial charge in [-0.3, -0.25) is 0 Å². The van der Waals surface area contributed by atoms with Crippen molar-refractivity contribution in [3.05, 3.63) is 29.0 Å². The van der Waals surface area contributed by atoms with Gasteiger partial charge < -0.3 is 0 Å². The van der Waals surface area contributed by atoms with E-state index in [0.717, 1.165) is 5.56 Å². The van der Waals surface area contributed by atoms with E-state index in [1.54, 1.807) is 12.1 Å². The fraction of sp³-hybridized carbons (Fsp3) is 0.286. The van der Waals surface area contributed by atoms with Crippen molar-refractivity contribution in [3.63, 3.8) is 0 Å². The molecule has 0 spiro atoms. The first kappa shape index (κ1) is 10.4. The van der Waals surface area contributed by atoms with Gasteiger partial charge in [-0.2, -0.15) is 0 Å². The highest BCUT2D eigenvalue weighted by Crippen LogP contribution is 2.05. The van der Waals surface area contributed by atoms with E-state index in [1.165, 1.54) is 6.20 Å². The van der Waals surface area contributed by atoms with Crippen molar-refractivity contribution in [2.45, 2.75) is 6.42 Å². The highest BCUT2D eigenvalue weighted by atomic mass is 35.5. The molecular formula is C7H9ClN2O2S. The Balaban J connectivity index is 2.61. The number of nitrogens with zero attached hydrogens (tertiary/aromatic N) is 1. The van der Waals surface area contributed by atoms with Crippen molar-refractivity contribution in [2.75, 3.05) is 5.75 Å². The van der Waals surface area contributed by atoms with Gasteiger partial charge >= 0.3 is 0 Å². The first-order valence-electron chi connectivity index (χ1n) is 3.58. The number of aryl methyl sites for hydroxylation is 1. The maximum atomic E-state index is 10.6. The summed E-state index contributed by atoms with van der Waals surface area (Å²) in [6.45, 7) is 0. The molecule has 1 heterocycles. The van der Waals surface area contributed by atoms with Crippen LogP contribution in [0.15, 0.2) is 18.3 Å². The molecule has 0 aliphatic rings. The predicted molar refractivity (Wildman–Crippen MR) is 50.9 cm³/mol. The smallest absolute Gasteiger partial charge is 0.209 e. The summed E-state index contributed by atoms with van der Waals surface area (Å²) in [5.41, 5.74) is 0.804. The Morgan fingerprint density at radius 2 is 2.15 bits per heavy atom. The van der Waals surface area contributed by atoms with Crippen LogP contribution in [0.4, 0.5) is 0 Å². The maximum absolute atomic E-state index is 10.6. The molecule has 6 heteroatoms. The average Bonchev–Trinajstić information content (AvgIpc) is 2.02. The lowest BCUT2D eigenvalue weighted by molar-refractivity contribution is 0.597. The normalized spacial score (nSPS) is 11.5. The molecule has 0 unspecified atom stereocenters. The minimum atomic E-state index is -3.39. The predicted octanol–water partition coefficient (Wildman–Crippen LogP) is 0.566. The molecule has 0 amide bonds. The van der Waals surface area contributed by atoms with Gasteiger partial charge in [0.2, 0.25) is 10.0 Å². The first-order valence-corrected chi connectivity index (χ1v) is 5.67. The number of hydrogen-bond donors (Lipinski definition) is 1. The molecule has 0 saturated carbocycles. The van der Waals surface area contributed by atoms with Crippen LogP contribution in [0.2, 0.25) is 5.15 Å². The topological polar surface area (TPSA) is 73.1 Å². The van der Waals surface area contributed by atoms with Gasteiger partial charge in [-0.1, -0.05) is 17.7 Å². The zero-order chi connectivity index (χ0) is 9.90. The van der Waals surface area contributed by atoms with Gasteiger partial charge in [0, 0.05) is 6.20 Å². The van der Waals surface area contributed by atoms with Crippen LogP contribution in [0, 0.1) is 0 Å². The molecule has 13 heavy (non-hydrogen) atoms. The maximum Gasteiger partial charge on any atom is 0.209 e. The van der Waals surface area contributed by atoms with Crippen LogP contribution in [0.5, 0.6) is 0 Å². The second kappa shape index (κ2) is 4.04. The number of rotatable bonds is 3. The summed E-state index contributed by atoms with van der Waals surface area (Å²) < 4.78 is 21.2. The Kier molecular flexibility index (Phi) is 3.24. The van der Waals surface area contributed by atoms with Crippen LogP contribution < -0.4 is 5.14 Å². The van der Waals surface area contributed by atoms with E-state index < -0.39 is 10.0 Å². The summed E-state index contributed by atoms with van der Waals surface area (Å²) in [4.78, 5) is 3.81. The van der Waals surface area contributed by atoms with Crippen molar-refractivity contribution in [2.24, 2.45) is 5.14 Å². The van der Waals surface area contributed by atoms with E-state index in [2.05, 4.69) is 4.98 Å². The van der Waals surface area contributed by atoms with E-state index in [-0.39, 0.29) is 5.75 Å². The molecule has 0 aromatic carbocycles. The molecule has 0 fully saturated rings. The number of primary sulfonamides is 1. The van der Waals surface area contributed by atoms with Crippen molar-refractivity contribution in [1.29, 1.82) is 0 Å². The SMILES string of the molecule is NS(=O)(=O)CCc1ccc(Cl)nc1. The number of aromatic nitrogens is 1. The van der Waals surface area contributed by atoms with Crippen LogP contribution in [-0.4, -0.2) is 19.2 Å². The zero-order valence-electron chi connectivity index (χ0n) is 6.77. The van der Waals surface area contributed by atoms with Gasteiger partial charge in [0.1, 0.15) is 5.15 Å². The van der Waals surface area contributed by atoms with Gasteiger partial charge in [0.05, 0.1) is 5.75 Å².